The Balaban J connectivity index is 1.34. The van der Waals surface area contributed by atoms with E-state index in [4.69, 9.17) is 23.4 Å². The van der Waals surface area contributed by atoms with Crippen LogP contribution in [0.5, 0.6) is 5.75 Å². The molecule has 2 N–H and O–H groups in total. The second-order valence-corrected chi connectivity index (χ2v) is 25.8. The van der Waals surface area contributed by atoms with Crippen molar-refractivity contribution in [2.24, 2.45) is 5.92 Å². The van der Waals surface area contributed by atoms with Crippen molar-refractivity contribution in [1.29, 1.82) is 0 Å². The predicted octanol–water partition coefficient (Wildman–Crippen LogP) is 12.1. The number of hydrogen-bond donors (Lipinski definition) is 2. The first-order valence-corrected chi connectivity index (χ1v) is 28.0. The lowest BCUT2D eigenvalue weighted by Gasteiger charge is -2.43. The van der Waals surface area contributed by atoms with Crippen LogP contribution in [0.3, 0.4) is 0 Å². The molecule has 1 heterocycles. The molecule has 0 aromatic heterocycles. The molecule has 0 unspecified atom stereocenters. The van der Waals surface area contributed by atoms with E-state index in [1.54, 1.807) is 14.0 Å². The molecular formula is C60H85NO8Si. The van der Waals surface area contributed by atoms with Gasteiger partial charge in [0.15, 0.2) is 5.79 Å². The van der Waals surface area contributed by atoms with Gasteiger partial charge in [0.2, 0.25) is 5.91 Å². The Morgan fingerprint density at radius 1 is 0.743 bits per heavy atom. The van der Waals surface area contributed by atoms with Crippen LogP contribution < -0.4 is 20.4 Å². The number of aliphatic hydroxyl groups is 1. The Morgan fingerprint density at radius 3 is 1.89 bits per heavy atom. The highest BCUT2D eigenvalue weighted by Gasteiger charge is 2.50. The summed E-state index contributed by atoms with van der Waals surface area (Å²) < 4.78 is 30.9. The van der Waals surface area contributed by atoms with E-state index in [0.29, 0.717) is 13.2 Å². The van der Waals surface area contributed by atoms with E-state index in [1.807, 2.05) is 93.6 Å². The van der Waals surface area contributed by atoms with Gasteiger partial charge in [-0.2, -0.15) is 0 Å². The van der Waals surface area contributed by atoms with Crippen molar-refractivity contribution in [1.82, 2.24) is 5.32 Å². The maximum atomic E-state index is 14.8. The maximum absolute atomic E-state index is 14.8. The van der Waals surface area contributed by atoms with Crippen LogP contribution in [0.25, 0.3) is 11.1 Å². The summed E-state index contributed by atoms with van der Waals surface area (Å²) in [5.41, 5.74) is 0.518. The molecule has 4 aromatic rings. The summed E-state index contributed by atoms with van der Waals surface area (Å²) in [7, 11) is -1.29. The van der Waals surface area contributed by atoms with Crippen LogP contribution in [0.1, 0.15) is 144 Å². The number of nitrogens with one attached hydrogen (secondary N) is 1. The summed E-state index contributed by atoms with van der Waals surface area (Å²) in [6, 6.07) is 35.6. The summed E-state index contributed by atoms with van der Waals surface area (Å²) in [5, 5.41) is 17.6. The number of allylic oxidation sites excluding steroid dienone is 1. The van der Waals surface area contributed by atoms with E-state index in [1.165, 1.54) is 25.7 Å². The Morgan fingerprint density at radius 2 is 1.33 bits per heavy atom. The number of benzene rings is 4. The molecule has 3 atom stereocenters. The Labute approximate surface area is 422 Å². The summed E-state index contributed by atoms with van der Waals surface area (Å²) in [5.74, 6) is -1.66. The van der Waals surface area contributed by atoms with Crippen LogP contribution >= 0.6 is 0 Å². The van der Waals surface area contributed by atoms with Crippen LogP contribution in [0.2, 0.25) is 5.04 Å². The van der Waals surface area contributed by atoms with E-state index in [-0.39, 0.29) is 24.5 Å². The topological polar surface area (TPSA) is 113 Å². The molecule has 0 radical (unpaired) electrons. The smallest absolute Gasteiger partial charge is 0.329 e. The normalized spacial score (nSPS) is 15.9. The quantitative estimate of drug-likeness (QED) is 0.0250. The Hall–Kier alpha value is -4.58. The molecule has 0 spiro atoms. The summed E-state index contributed by atoms with van der Waals surface area (Å²) in [4.78, 5) is 28.8. The van der Waals surface area contributed by atoms with Crippen LogP contribution in [0.15, 0.2) is 121 Å². The van der Waals surface area contributed by atoms with Gasteiger partial charge in [-0.15, -0.1) is 0 Å². The number of amides is 1. The number of carbonyl (C=O) groups excluding carboxylic acids is 2. The molecule has 1 aliphatic heterocycles. The minimum absolute atomic E-state index is 0.174. The molecule has 70 heavy (non-hydrogen) atoms. The molecule has 0 saturated carbocycles. The number of methoxy groups -OCH3 is 1. The van der Waals surface area contributed by atoms with Crippen molar-refractivity contribution >= 4 is 30.6 Å². The zero-order chi connectivity index (χ0) is 50.7. The zero-order valence-electron chi connectivity index (χ0n) is 44.0. The van der Waals surface area contributed by atoms with Crippen molar-refractivity contribution in [3.63, 3.8) is 0 Å². The van der Waals surface area contributed by atoms with Crippen LogP contribution in [-0.2, 0) is 34.6 Å². The first-order valence-electron chi connectivity index (χ1n) is 26.1. The molecular weight excluding hydrogens is 891 g/mol. The van der Waals surface area contributed by atoms with Gasteiger partial charge >= 0.3 is 5.97 Å². The van der Waals surface area contributed by atoms with Crippen molar-refractivity contribution in [2.75, 3.05) is 26.9 Å². The number of rotatable bonds is 28. The first kappa shape index (κ1) is 56.3. The molecule has 1 aliphatic rings. The maximum Gasteiger partial charge on any atom is 0.329 e. The van der Waals surface area contributed by atoms with Gasteiger partial charge in [0.1, 0.15) is 17.4 Å². The van der Waals surface area contributed by atoms with Gasteiger partial charge in [-0.05, 0) is 104 Å². The molecule has 5 rings (SSSR count). The minimum Gasteiger partial charge on any atom is -0.497 e. The Bertz CT molecular complexity index is 2150. The number of esters is 1. The highest BCUT2D eigenvalue weighted by atomic mass is 28.4. The highest BCUT2D eigenvalue weighted by molar-refractivity contribution is 6.99. The van der Waals surface area contributed by atoms with Crippen molar-refractivity contribution in [3.8, 4) is 16.9 Å². The fourth-order valence-electron chi connectivity index (χ4n) is 9.76. The van der Waals surface area contributed by atoms with Gasteiger partial charge in [0.25, 0.3) is 8.32 Å². The lowest BCUT2D eigenvalue weighted by atomic mass is 9.84. The van der Waals surface area contributed by atoms with E-state index < -0.39 is 49.1 Å². The van der Waals surface area contributed by atoms with E-state index >= 15 is 0 Å². The second kappa shape index (κ2) is 26.7. The Kier molecular flexibility index (Phi) is 21.5. The lowest BCUT2D eigenvalue weighted by molar-refractivity contribution is -0.168. The van der Waals surface area contributed by atoms with Gasteiger partial charge < -0.3 is 33.8 Å². The number of ether oxygens (including phenoxy) is 4. The average Bonchev–Trinajstić information content (AvgIpc) is 3.80. The summed E-state index contributed by atoms with van der Waals surface area (Å²) >= 11 is 0. The molecule has 10 heteroatoms. The van der Waals surface area contributed by atoms with E-state index in [0.717, 1.165) is 84.2 Å². The van der Waals surface area contributed by atoms with Gasteiger partial charge in [-0.25, -0.2) is 4.79 Å². The van der Waals surface area contributed by atoms with Crippen molar-refractivity contribution in [2.45, 2.75) is 173 Å². The fourth-order valence-corrected chi connectivity index (χ4v) is 14.3. The fraction of sp³-hybridized carbons (Fsp3) is 0.533. The largest absolute Gasteiger partial charge is 0.497 e. The second-order valence-electron chi connectivity index (χ2n) is 21.5. The monoisotopic (exact) mass is 976 g/mol. The highest BCUT2D eigenvalue weighted by Crippen LogP contribution is 2.38. The number of carbonyl (C=O) groups is 2. The van der Waals surface area contributed by atoms with E-state index in [9.17, 15) is 14.7 Å². The third kappa shape index (κ3) is 16.5. The molecule has 1 fully saturated rings. The van der Waals surface area contributed by atoms with Crippen molar-refractivity contribution in [3.05, 3.63) is 127 Å². The molecule has 0 aliphatic carbocycles. The van der Waals surface area contributed by atoms with Gasteiger partial charge in [-0.1, -0.05) is 175 Å². The van der Waals surface area contributed by atoms with Gasteiger partial charge in [0, 0.05) is 25.9 Å². The average molecular weight is 976 g/mol. The summed E-state index contributed by atoms with van der Waals surface area (Å²) in [6.45, 7) is 17.6. The molecule has 1 amide bonds. The van der Waals surface area contributed by atoms with Crippen LogP contribution in [-0.4, -0.2) is 75.3 Å². The molecule has 4 aromatic carbocycles. The molecule has 1 saturated heterocycles. The standard InChI is InChI=1S/C60H85NO8Si/c1-10-11-12-16-25-39-60(66-43-44-67-60)40-26-17-14-13-15-24-34-53(59(8,64)41-42-68-70(58(5,6)7,51-30-20-18-21-31-51)52-32-22-19-23-33-52)55(62)61-54(56(63)69-57(2,3)4)45-47-35-37-48(38-36-47)49-28-27-29-50(46-49)65-9/h18-24,27-38,46,53-54,64H,10-17,25-26,39-45H2,1-9H3,(H,61,62)/b34-24+/t53-,54+,59+/m1/s1. The predicted molar refractivity (Wildman–Crippen MR) is 287 cm³/mol. The van der Waals surface area contributed by atoms with Gasteiger partial charge in [0.05, 0.1) is 31.8 Å². The van der Waals surface area contributed by atoms with E-state index in [2.05, 4.69) is 81.5 Å². The van der Waals surface area contributed by atoms with Crippen molar-refractivity contribution < 1.29 is 38.1 Å². The zero-order valence-corrected chi connectivity index (χ0v) is 45.0. The number of hydrogen-bond acceptors (Lipinski definition) is 8. The van der Waals surface area contributed by atoms with Crippen LogP contribution in [0, 0.1) is 5.92 Å². The SMILES string of the molecule is CCCCCCCC1(CCCCCC/C=C/[C@H](C(=O)N[C@@H](Cc2ccc(-c3cccc(OC)c3)cc2)C(=O)OC(C)(C)C)[C@@](C)(O)CCO[Si](c2ccccc2)(c2ccccc2)C(C)(C)C)OCCO1. The third-order valence-electron chi connectivity index (χ3n) is 13.6. The minimum atomic E-state index is -2.93. The first-order chi connectivity index (χ1) is 33.4. The summed E-state index contributed by atoms with van der Waals surface area (Å²) in [6.07, 6.45) is 17.0. The lowest BCUT2D eigenvalue weighted by Crippen LogP contribution is -2.66. The molecule has 9 nitrogen and oxygen atoms in total. The van der Waals surface area contributed by atoms with Crippen LogP contribution in [0.4, 0.5) is 0 Å². The molecule has 0 bridgehead atoms. The number of unbranched alkanes of at least 4 members (excludes halogenated alkanes) is 8. The van der Waals surface area contributed by atoms with Gasteiger partial charge in [-0.3, -0.25) is 4.79 Å². The molecule has 382 valence electrons. The third-order valence-corrected chi connectivity index (χ3v) is 18.6.